The number of carbonyl (C=O) groups excluding carboxylic acids is 1. The molecular weight excluding hydrogens is 317 g/mol. The molecule has 24 heavy (non-hydrogen) atoms. The van der Waals surface area contributed by atoms with E-state index in [1.165, 1.54) is 6.07 Å². The number of nitrogens with one attached hydrogen (secondary N) is 1. The Labute approximate surface area is 140 Å². The molecule has 1 aromatic carbocycles. The van der Waals surface area contributed by atoms with E-state index < -0.39 is 17.8 Å². The summed E-state index contributed by atoms with van der Waals surface area (Å²) in [7, 11) is 0. The van der Waals surface area contributed by atoms with Crippen LogP contribution in [0.1, 0.15) is 56.7 Å². The van der Waals surface area contributed by atoms with Crippen molar-refractivity contribution in [1.82, 2.24) is 5.32 Å². The van der Waals surface area contributed by atoms with E-state index in [1.54, 1.807) is 6.07 Å². The minimum atomic E-state index is -4.39. The molecule has 0 aliphatic heterocycles. The molecule has 1 saturated carbocycles. The van der Waals surface area contributed by atoms with Gasteiger partial charge < -0.3 is 11.1 Å². The minimum Gasteiger partial charge on any atom is -0.349 e. The van der Waals surface area contributed by atoms with Crippen LogP contribution in [0.25, 0.3) is 0 Å². The van der Waals surface area contributed by atoms with Gasteiger partial charge in [0.05, 0.1) is 11.6 Å². The Morgan fingerprint density at radius 1 is 1.29 bits per heavy atom. The number of carbonyl (C=O) groups is 1. The Balaban J connectivity index is 2.16. The number of halogens is 3. The van der Waals surface area contributed by atoms with E-state index in [1.807, 2.05) is 13.8 Å². The van der Waals surface area contributed by atoms with Crippen LogP contribution in [0.5, 0.6) is 0 Å². The zero-order valence-corrected chi connectivity index (χ0v) is 14.1. The molecular formula is C18H25F3N2O. The largest absolute Gasteiger partial charge is 0.416 e. The molecule has 134 valence electrons. The molecule has 3 atom stereocenters. The Hall–Kier alpha value is -1.56. The highest BCUT2D eigenvalue weighted by atomic mass is 19.4. The molecule has 0 radical (unpaired) electrons. The number of nitrogens with two attached hydrogens (primary N) is 1. The van der Waals surface area contributed by atoms with E-state index in [2.05, 4.69) is 5.32 Å². The number of hydrogen-bond acceptors (Lipinski definition) is 2. The van der Waals surface area contributed by atoms with Gasteiger partial charge in [-0.05, 0) is 42.9 Å². The second-order valence-corrected chi connectivity index (χ2v) is 6.98. The fraction of sp³-hybridized carbons (Fsp3) is 0.611. The Morgan fingerprint density at radius 3 is 2.58 bits per heavy atom. The molecule has 0 saturated heterocycles. The van der Waals surface area contributed by atoms with Crippen LogP contribution >= 0.6 is 0 Å². The third kappa shape index (κ3) is 4.72. The molecule has 0 heterocycles. The van der Waals surface area contributed by atoms with Crippen LogP contribution in [0.2, 0.25) is 0 Å². The highest BCUT2D eigenvalue weighted by Gasteiger charge is 2.32. The molecule has 3 nitrogen and oxygen atoms in total. The summed E-state index contributed by atoms with van der Waals surface area (Å²) < 4.78 is 38.8. The molecule has 0 bridgehead atoms. The lowest BCUT2D eigenvalue weighted by atomic mass is 9.85. The zero-order chi connectivity index (χ0) is 17.9. The van der Waals surface area contributed by atoms with Crippen molar-refractivity contribution in [2.75, 3.05) is 0 Å². The lowest BCUT2D eigenvalue weighted by Gasteiger charge is -2.29. The quantitative estimate of drug-likeness (QED) is 0.868. The summed E-state index contributed by atoms with van der Waals surface area (Å²) in [6.45, 7) is 3.77. The molecule has 1 aliphatic carbocycles. The predicted octanol–water partition coefficient (Wildman–Crippen LogP) is 4.04. The molecule has 1 amide bonds. The lowest BCUT2D eigenvalue weighted by molar-refractivity contribution is -0.137. The summed E-state index contributed by atoms with van der Waals surface area (Å²) in [5.41, 5.74) is 5.71. The smallest absolute Gasteiger partial charge is 0.349 e. The number of benzene rings is 1. The molecule has 3 unspecified atom stereocenters. The maximum absolute atomic E-state index is 12.9. The fourth-order valence-corrected chi connectivity index (χ4v) is 3.28. The van der Waals surface area contributed by atoms with Crippen LogP contribution in [0.4, 0.5) is 13.2 Å². The van der Waals surface area contributed by atoms with Gasteiger partial charge in [-0.25, -0.2) is 0 Å². The van der Waals surface area contributed by atoms with Crippen molar-refractivity contribution >= 4 is 5.91 Å². The summed E-state index contributed by atoms with van der Waals surface area (Å²) in [5, 5.41) is 2.94. The number of rotatable bonds is 4. The summed E-state index contributed by atoms with van der Waals surface area (Å²) in [6.07, 6.45) is -1.13. The van der Waals surface area contributed by atoms with Crippen LogP contribution in [0, 0.1) is 11.8 Å². The van der Waals surface area contributed by atoms with E-state index in [-0.39, 0.29) is 23.8 Å². The van der Waals surface area contributed by atoms with Gasteiger partial charge in [-0.3, -0.25) is 4.79 Å². The highest BCUT2D eigenvalue weighted by Crippen LogP contribution is 2.32. The van der Waals surface area contributed by atoms with Crippen LogP contribution in [0.15, 0.2) is 24.3 Å². The summed E-state index contributed by atoms with van der Waals surface area (Å²) in [5.74, 6) is -0.281. The molecule has 1 fully saturated rings. The number of hydrogen-bond donors (Lipinski definition) is 2. The van der Waals surface area contributed by atoms with Crippen molar-refractivity contribution in [2.24, 2.45) is 17.6 Å². The summed E-state index contributed by atoms with van der Waals surface area (Å²) in [4.78, 5) is 12.5. The van der Waals surface area contributed by atoms with Gasteiger partial charge in [0.15, 0.2) is 0 Å². The minimum absolute atomic E-state index is 0.0188. The molecule has 1 aromatic rings. The maximum Gasteiger partial charge on any atom is 0.416 e. The Kier molecular flexibility index (Phi) is 5.91. The van der Waals surface area contributed by atoms with Crippen molar-refractivity contribution in [3.05, 3.63) is 35.4 Å². The first-order valence-electron chi connectivity index (χ1n) is 8.41. The van der Waals surface area contributed by atoms with Crippen molar-refractivity contribution in [3.63, 3.8) is 0 Å². The highest BCUT2D eigenvalue weighted by molar-refractivity contribution is 5.79. The van der Waals surface area contributed by atoms with Crippen molar-refractivity contribution in [1.29, 1.82) is 0 Å². The molecule has 6 heteroatoms. The van der Waals surface area contributed by atoms with Crippen LogP contribution in [-0.2, 0) is 11.0 Å². The van der Waals surface area contributed by atoms with Crippen LogP contribution in [0.3, 0.4) is 0 Å². The standard InChI is InChI=1S/C18H25F3N2O/c1-11(2)16(12-5-3-7-14(9-12)18(19,20)21)23-17(24)13-6-4-8-15(22)10-13/h3,5,7,9,11,13,15-16H,4,6,8,10,22H2,1-2H3,(H,23,24). The van der Waals surface area contributed by atoms with E-state index >= 15 is 0 Å². The average Bonchev–Trinajstić information content (AvgIpc) is 2.51. The van der Waals surface area contributed by atoms with E-state index in [0.29, 0.717) is 12.0 Å². The monoisotopic (exact) mass is 342 g/mol. The van der Waals surface area contributed by atoms with Crippen molar-refractivity contribution < 1.29 is 18.0 Å². The second kappa shape index (κ2) is 7.55. The van der Waals surface area contributed by atoms with Crippen LogP contribution < -0.4 is 11.1 Å². The summed E-state index contributed by atoms with van der Waals surface area (Å²) in [6, 6.07) is 4.77. The van der Waals surface area contributed by atoms with Gasteiger partial charge in [-0.1, -0.05) is 32.4 Å². The van der Waals surface area contributed by atoms with Gasteiger partial charge in [0.25, 0.3) is 0 Å². The Morgan fingerprint density at radius 2 is 2.00 bits per heavy atom. The molecule has 0 spiro atoms. The SMILES string of the molecule is CC(C)C(NC(=O)C1CCCC(N)C1)c1cccc(C(F)(F)F)c1. The zero-order valence-electron chi connectivity index (χ0n) is 14.1. The van der Waals surface area contributed by atoms with E-state index in [4.69, 9.17) is 5.73 Å². The van der Waals surface area contributed by atoms with Gasteiger partial charge in [-0.15, -0.1) is 0 Å². The molecule has 2 rings (SSSR count). The van der Waals surface area contributed by atoms with Gasteiger partial charge in [0.2, 0.25) is 5.91 Å². The number of alkyl halides is 3. The van der Waals surface area contributed by atoms with Crippen LogP contribution in [-0.4, -0.2) is 11.9 Å². The molecule has 0 aromatic heterocycles. The van der Waals surface area contributed by atoms with Gasteiger partial charge in [0, 0.05) is 12.0 Å². The first kappa shape index (κ1) is 18.8. The third-order valence-corrected chi connectivity index (χ3v) is 4.62. The maximum atomic E-state index is 12.9. The molecule has 3 N–H and O–H groups in total. The fourth-order valence-electron chi connectivity index (χ4n) is 3.28. The first-order chi connectivity index (χ1) is 11.2. The predicted molar refractivity (Wildman–Crippen MR) is 87.1 cm³/mol. The lowest BCUT2D eigenvalue weighted by Crippen LogP contribution is -2.40. The third-order valence-electron chi connectivity index (χ3n) is 4.62. The van der Waals surface area contributed by atoms with Crippen molar-refractivity contribution in [2.45, 2.75) is 57.8 Å². The van der Waals surface area contributed by atoms with E-state index in [9.17, 15) is 18.0 Å². The topological polar surface area (TPSA) is 55.1 Å². The van der Waals surface area contributed by atoms with E-state index in [0.717, 1.165) is 31.4 Å². The normalized spacial score (nSPS) is 23.1. The van der Waals surface area contributed by atoms with Crippen molar-refractivity contribution in [3.8, 4) is 0 Å². The van der Waals surface area contributed by atoms with Gasteiger partial charge in [-0.2, -0.15) is 13.2 Å². The second-order valence-electron chi connectivity index (χ2n) is 6.98. The summed E-state index contributed by atoms with van der Waals surface area (Å²) >= 11 is 0. The average molecular weight is 342 g/mol. The number of amides is 1. The van der Waals surface area contributed by atoms with Gasteiger partial charge >= 0.3 is 6.18 Å². The first-order valence-corrected chi connectivity index (χ1v) is 8.41. The molecule has 1 aliphatic rings. The Bertz CT molecular complexity index is 572. The van der Waals surface area contributed by atoms with Gasteiger partial charge in [0.1, 0.15) is 0 Å².